The zero-order valence-corrected chi connectivity index (χ0v) is 7.36. The van der Waals surface area contributed by atoms with Crippen LogP contribution in [0.25, 0.3) is 0 Å². The summed E-state index contributed by atoms with van der Waals surface area (Å²) in [6.45, 7) is 5.83. The van der Waals surface area contributed by atoms with E-state index in [9.17, 15) is 9.18 Å². The molecule has 0 atom stereocenters. The Morgan fingerprint density at radius 1 is 1.77 bits per heavy atom. The molecule has 0 aliphatic carbocycles. The van der Waals surface area contributed by atoms with Crippen molar-refractivity contribution < 1.29 is 9.18 Å². The third-order valence-electron chi connectivity index (χ3n) is 1.44. The number of nitrogens with one attached hydrogen (secondary N) is 2. The fourth-order valence-corrected chi connectivity index (χ4v) is 0.825. The molecular weight excluding hydrogens is 171 g/mol. The van der Waals surface area contributed by atoms with Gasteiger partial charge in [0.15, 0.2) is 0 Å². The average Bonchev–Trinajstić information content (AvgIpc) is 2.47. The summed E-state index contributed by atoms with van der Waals surface area (Å²) in [4.78, 5) is 13.7. The van der Waals surface area contributed by atoms with Crippen molar-refractivity contribution in [2.45, 2.75) is 6.92 Å². The highest BCUT2D eigenvalue weighted by atomic mass is 19.1. The molecule has 4 heteroatoms. The van der Waals surface area contributed by atoms with Crippen molar-refractivity contribution in [3.8, 4) is 0 Å². The van der Waals surface area contributed by atoms with E-state index in [0.717, 1.165) is 17.8 Å². The van der Waals surface area contributed by atoms with Gasteiger partial charge in [0.2, 0.25) is 0 Å². The predicted molar refractivity (Wildman–Crippen MR) is 47.9 cm³/mol. The lowest BCUT2D eigenvalue weighted by molar-refractivity contribution is 0.0952. The van der Waals surface area contributed by atoms with Crippen molar-refractivity contribution in [2.75, 3.05) is 6.54 Å². The molecule has 1 heterocycles. The minimum atomic E-state index is -0.444. The summed E-state index contributed by atoms with van der Waals surface area (Å²) in [5, 5.41) is 2.58. The van der Waals surface area contributed by atoms with Crippen LogP contribution in [0.4, 0.5) is 4.39 Å². The highest BCUT2D eigenvalue weighted by molar-refractivity contribution is 5.92. The first-order chi connectivity index (χ1) is 6.09. The highest BCUT2D eigenvalue weighted by Crippen LogP contribution is 2.00. The van der Waals surface area contributed by atoms with E-state index in [1.807, 2.05) is 0 Å². The van der Waals surface area contributed by atoms with Gasteiger partial charge in [0.1, 0.15) is 11.5 Å². The minimum absolute atomic E-state index is 0.221. The van der Waals surface area contributed by atoms with E-state index < -0.39 is 5.82 Å². The molecule has 0 aliphatic heterocycles. The summed E-state index contributed by atoms with van der Waals surface area (Å²) in [6, 6.07) is 1.15. The first kappa shape index (κ1) is 9.51. The van der Waals surface area contributed by atoms with E-state index in [-0.39, 0.29) is 11.6 Å². The fraction of sp³-hybridized carbons (Fsp3) is 0.222. The Balaban J connectivity index is 2.54. The van der Waals surface area contributed by atoms with E-state index >= 15 is 0 Å². The van der Waals surface area contributed by atoms with Crippen molar-refractivity contribution in [1.82, 2.24) is 10.3 Å². The number of carbonyl (C=O) groups excluding carboxylic acids is 1. The Morgan fingerprint density at radius 3 is 2.92 bits per heavy atom. The number of carbonyl (C=O) groups is 1. The molecule has 70 valence electrons. The number of H-pyrrole nitrogens is 1. The Bertz CT molecular complexity index is 330. The molecule has 2 N–H and O–H groups in total. The van der Waals surface area contributed by atoms with Crippen molar-refractivity contribution in [3.05, 3.63) is 35.9 Å². The molecule has 0 bridgehead atoms. The summed E-state index contributed by atoms with van der Waals surface area (Å²) < 4.78 is 12.5. The second-order valence-corrected chi connectivity index (χ2v) is 2.87. The molecule has 0 spiro atoms. The maximum Gasteiger partial charge on any atom is 0.268 e. The molecule has 0 aromatic carbocycles. The molecule has 0 fully saturated rings. The van der Waals surface area contributed by atoms with Crippen LogP contribution in [0.15, 0.2) is 24.4 Å². The number of aromatic nitrogens is 1. The molecule has 0 radical (unpaired) electrons. The van der Waals surface area contributed by atoms with Crippen molar-refractivity contribution in [3.63, 3.8) is 0 Å². The van der Waals surface area contributed by atoms with E-state index in [2.05, 4.69) is 16.9 Å². The molecule has 1 aromatic rings. The van der Waals surface area contributed by atoms with Crippen molar-refractivity contribution in [2.24, 2.45) is 0 Å². The maximum atomic E-state index is 12.5. The number of aromatic amines is 1. The lowest BCUT2D eigenvalue weighted by Crippen LogP contribution is -2.25. The first-order valence-corrected chi connectivity index (χ1v) is 3.86. The van der Waals surface area contributed by atoms with E-state index in [0.29, 0.717) is 6.54 Å². The molecule has 0 unspecified atom stereocenters. The van der Waals surface area contributed by atoms with Gasteiger partial charge in [-0.3, -0.25) is 4.79 Å². The third kappa shape index (κ3) is 2.74. The van der Waals surface area contributed by atoms with Gasteiger partial charge < -0.3 is 10.3 Å². The van der Waals surface area contributed by atoms with E-state index in [1.54, 1.807) is 6.92 Å². The lowest BCUT2D eigenvalue weighted by atomic mass is 10.3. The SMILES string of the molecule is C=C(C)CNC(=O)c1cc(F)c[nH]1. The molecule has 1 aromatic heterocycles. The van der Waals surface area contributed by atoms with Gasteiger partial charge in [0, 0.05) is 18.8 Å². The summed E-state index contributed by atoms with van der Waals surface area (Å²) in [7, 11) is 0. The molecule has 0 saturated carbocycles. The standard InChI is InChI=1S/C9H11FN2O/c1-6(2)4-12-9(13)8-3-7(10)5-11-8/h3,5,11H,1,4H2,2H3,(H,12,13). The average molecular weight is 182 g/mol. The van der Waals surface area contributed by atoms with Crippen LogP contribution in [0.3, 0.4) is 0 Å². The molecule has 0 aliphatic rings. The Hall–Kier alpha value is -1.58. The Labute approximate surface area is 75.7 Å². The van der Waals surface area contributed by atoms with Gasteiger partial charge in [-0.2, -0.15) is 0 Å². The highest BCUT2D eigenvalue weighted by Gasteiger charge is 2.06. The Kier molecular flexibility index (Phi) is 2.84. The quantitative estimate of drug-likeness (QED) is 0.683. The van der Waals surface area contributed by atoms with Gasteiger partial charge in [0.05, 0.1) is 0 Å². The minimum Gasteiger partial charge on any atom is -0.355 e. The number of hydrogen-bond acceptors (Lipinski definition) is 1. The van der Waals surface area contributed by atoms with Gasteiger partial charge in [-0.1, -0.05) is 12.2 Å². The monoisotopic (exact) mass is 182 g/mol. The fourth-order valence-electron chi connectivity index (χ4n) is 0.825. The zero-order chi connectivity index (χ0) is 9.84. The first-order valence-electron chi connectivity index (χ1n) is 3.86. The number of amides is 1. The number of rotatable bonds is 3. The largest absolute Gasteiger partial charge is 0.355 e. The van der Waals surface area contributed by atoms with E-state index in [1.165, 1.54) is 0 Å². The van der Waals surface area contributed by atoms with Crippen LogP contribution in [-0.4, -0.2) is 17.4 Å². The van der Waals surface area contributed by atoms with Crippen molar-refractivity contribution >= 4 is 5.91 Å². The smallest absolute Gasteiger partial charge is 0.268 e. The third-order valence-corrected chi connectivity index (χ3v) is 1.44. The van der Waals surface area contributed by atoms with E-state index in [4.69, 9.17) is 0 Å². The lowest BCUT2D eigenvalue weighted by Gasteiger charge is -2.01. The Morgan fingerprint density at radius 2 is 2.46 bits per heavy atom. The summed E-state index contributed by atoms with van der Waals surface area (Å²) in [6.07, 6.45) is 1.13. The van der Waals surface area contributed by atoms with Crippen LogP contribution < -0.4 is 5.32 Å². The summed E-state index contributed by atoms with van der Waals surface area (Å²) in [5.74, 6) is -0.771. The molecular formula is C9H11FN2O. The van der Waals surface area contributed by atoms with Gasteiger partial charge in [-0.05, 0) is 6.92 Å². The normalized spacial score (nSPS) is 9.69. The molecule has 1 rings (SSSR count). The molecule has 0 saturated heterocycles. The van der Waals surface area contributed by atoms with Gasteiger partial charge in [-0.25, -0.2) is 4.39 Å². The molecule has 1 amide bonds. The van der Waals surface area contributed by atoms with Gasteiger partial charge in [-0.15, -0.1) is 0 Å². The molecule has 3 nitrogen and oxygen atoms in total. The second-order valence-electron chi connectivity index (χ2n) is 2.87. The van der Waals surface area contributed by atoms with Gasteiger partial charge >= 0.3 is 0 Å². The summed E-state index contributed by atoms with van der Waals surface area (Å²) >= 11 is 0. The van der Waals surface area contributed by atoms with Crippen LogP contribution in [0.1, 0.15) is 17.4 Å². The maximum absolute atomic E-state index is 12.5. The van der Waals surface area contributed by atoms with Crippen molar-refractivity contribution in [1.29, 1.82) is 0 Å². The van der Waals surface area contributed by atoms with Crippen LogP contribution in [0.2, 0.25) is 0 Å². The second kappa shape index (κ2) is 3.89. The molecule has 13 heavy (non-hydrogen) atoms. The van der Waals surface area contributed by atoms with Crippen LogP contribution in [-0.2, 0) is 0 Å². The van der Waals surface area contributed by atoms with Gasteiger partial charge in [0.25, 0.3) is 5.91 Å². The summed E-state index contributed by atoms with van der Waals surface area (Å²) in [5.41, 5.74) is 1.07. The van der Waals surface area contributed by atoms with Crippen LogP contribution in [0, 0.1) is 5.82 Å². The van der Waals surface area contributed by atoms with Crippen LogP contribution >= 0.6 is 0 Å². The number of hydrogen-bond donors (Lipinski definition) is 2. The number of halogens is 1. The predicted octanol–water partition coefficient (Wildman–Crippen LogP) is 1.46. The topological polar surface area (TPSA) is 44.9 Å². The van der Waals surface area contributed by atoms with Crippen LogP contribution in [0.5, 0.6) is 0 Å². The zero-order valence-electron chi connectivity index (χ0n) is 7.36.